The van der Waals surface area contributed by atoms with Gasteiger partial charge in [-0.2, -0.15) is 4.73 Å². The number of amides is 1. The van der Waals surface area contributed by atoms with Crippen LogP contribution in [0.15, 0.2) is 42.6 Å². The summed E-state index contributed by atoms with van der Waals surface area (Å²) in [7, 11) is 0. The first-order valence-corrected chi connectivity index (χ1v) is 6.43. The number of nitro groups is 1. The lowest BCUT2D eigenvalue weighted by Gasteiger charge is -2.08. The van der Waals surface area contributed by atoms with E-state index in [0.29, 0.717) is 17.1 Å². The number of nitrogens with zero attached hydrogens (tertiary/aromatic N) is 2. The highest BCUT2D eigenvalue weighted by atomic mass is 16.6. The second kappa shape index (κ2) is 6.53. The van der Waals surface area contributed by atoms with Gasteiger partial charge in [0.25, 0.3) is 11.4 Å². The molecule has 0 saturated heterocycles. The zero-order valence-corrected chi connectivity index (χ0v) is 11.7. The van der Waals surface area contributed by atoms with Crippen LogP contribution in [-0.2, 0) is 0 Å². The summed E-state index contributed by atoms with van der Waals surface area (Å²) >= 11 is 0. The van der Waals surface area contributed by atoms with Crippen LogP contribution in [0.1, 0.15) is 17.4 Å². The number of carbonyl (C=O) groups excluding carboxylic acids is 1. The second-order valence-electron chi connectivity index (χ2n) is 4.23. The van der Waals surface area contributed by atoms with Crippen LogP contribution in [0.5, 0.6) is 5.75 Å². The molecule has 114 valence electrons. The Labute approximate surface area is 125 Å². The molecule has 0 saturated carbocycles. The largest absolute Gasteiger partial charge is 0.618 e. The number of anilines is 1. The van der Waals surface area contributed by atoms with Crippen LogP contribution in [0.25, 0.3) is 0 Å². The molecule has 1 heterocycles. The average molecular weight is 303 g/mol. The standard InChI is InChI=1S/C14H13N3O5/c1-2-22-10-6-7-11(13(9-10)17(20)21)15-14(18)12-5-3-4-8-16(12)19/h3-9H,2H2,1H3,(H,15,18). The molecular formula is C14H13N3O5. The van der Waals surface area contributed by atoms with E-state index >= 15 is 0 Å². The molecule has 2 aromatic rings. The average Bonchev–Trinajstić information content (AvgIpc) is 2.49. The monoisotopic (exact) mass is 303 g/mol. The molecule has 1 aromatic carbocycles. The molecule has 0 aliphatic heterocycles. The van der Waals surface area contributed by atoms with Crippen molar-refractivity contribution in [2.45, 2.75) is 6.92 Å². The molecule has 22 heavy (non-hydrogen) atoms. The van der Waals surface area contributed by atoms with Gasteiger partial charge in [0.2, 0.25) is 0 Å². The Bertz CT molecular complexity index is 717. The van der Waals surface area contributed by atoms with Crippen molar-refractivity contribution in [2.75, 3.05) is 11.9 Å². The number of hydrogen-bond acceptors (Lipinski definition) is 5. The number of benzene rings is 1. The van der Waals surface area contributed by atoms with Crippen molar-refractivity contribution < 1.29 is 19.2 Å². The Hall–Kier alpha value is -3.16. The maximum atomic E-state index is 12.0. The summed E-state index contributed by atoms with van der Waals surface area (Å²) in [4.78, 5) is 22.5. The third-order valence-electron chi connectivity index (χ3n) is 2.78. The maximum absolute atomic E-state index is 12.0. The number of ether oxygens (including phenoxy) is 1. The quantitative estimate of drug-likeness (QED) is 0.392. The molecule has 0 aliphatic rings. The molecule has 0 aliphatic carbocycles. The van der Waals surface area contributed by atoms with Gasteiger partial charge >= 0.3 is 5.91 Å². The van der Waals surface area contributed by atoms with Crippen molar-refractivity contribution in [3.8, 4) is 5.75 Å². The van der Waals surface area contributed by atoms with Crippen molar-refractivity contribution in [2.24, 2.45) is 0 Å². The van der Waals surface area contributed by atoms with E-state index in [1.807, 2.05) is 0 Å². The number of nitrogens with one attached hydrogen (secondary N) is 1. The highest BCUT2D eigenvalue weighted by Gasteiger charge is 2.21. The van der Waals surface area contributed by atoms with E-state index in [2.05, 4.69) is 5.32 Å². The molecule has 2 rings (SSSR count). The van der Waals surface area contributed by atoms with Gasteiger partial charge in [0, 0.05) is 12.1 Å². The first-order chi connectivity index (χ1) is 10.5. The predicted octanol–water partition coefficient (Wildman–Crippen LogP) is 1.88. The van der Waals surface area contributed by atoms with E-state index in [1.54, 1.807) is 6.92 Å². The summed E-state index contributed by atoms with van der Waals surface area (Å²) in [5, 5.41) is 25.0. The zero-order valence-electron chi connectivity index (χ0n) is 11.7. The number of pyridine rings is 1. The van der Waals surface area contributed by atoms with Crippen LogP contribution >= 0.6 is 0 Å². The topological polar surface area (TPSA) is 108 Å². The van der Waals surface area contributed by atoms with Gasteiger partial charge in [0.1, 0.15) is 11.4 Å². The summed E-state index contributed by atoms with van der Waals surface area (Å²) in [6.45, 7) is 2.12. The molecule has 0 atom stereocenters. The van der Waals surface area contributed by atoms with Crippen molar-refractivity contribution in [3.63, 3.8) is 0 Å². The van der Waals surface area contributed by atoms with Gasteiger partial charge in [-0.1, -0.05) is 0 Å². The maximum Gasteiger partial charge on any atom is 0.321 e. The van der Waals surface area contributed by atoms with Gasteiger partial charge in [-0.15, -0.1) is 0 Å². The second-order valence-corrected chi connectivity index (χ2v) is 4.23. The van der Waals surface area contributed by atoms with E-state index < -0.39 is 10.8 Å². The molecule has 0 spiro atoms. The van der Waals surface area contributed by atoms with E-state index in [0.717, 1.165) is 0 Å². The molecule has 0 radical (unpaired) electrons. The zero-order chi connectivity index (χ0) is 16.1. The molecule has 8 nitrogen and oxygen atoms in total. The molecule has 1 N–H and O–H groups in total. The van der Waals surface area contributed by atoms with Gasteiger partial charge in [0.15, 0.2) is 6.20 Å². The van der Waals surface area contributed by atoms with Crippen LogP contribution < -0.4 is 14.8 Å². The number of nitro benzene ring substituents is 1. The van der Waals surface area contributed by atoms with Gasteiger partial charge in [-0.3, -0.25) is 14.9 Å². The van der Waals surface area contributed by atoms with Gasteiger partial charge < -0.3 is 15.3 Å². The summed E-state index contributed by atoms with van der Waals surface area (Å²) in [6.07, 6.45) is 1.17. The minimum absolute atomic E-state index is 0.0118. The fraction of sp³-hybridized carbons (Fsp3) is 0.143. The summed E-state index contributed by atoms with van der Waals surface area (Å²) in [5.74, 6) is -0.409. The van der Waals surface area contributed by atoms with E-state index in [-0.39, 0.29) is 17.1 Å². The van der Waals surface area contributed by atoms with Gasteiger partial charge in [-0.25, -0.2) is 0 Å². The normalized spacial score (nSPS) is 10.0. The molecule has 0 bridgehead atoms. The lowest BCUT2D eigenvalue weighted by molar-refractivity contribution is -0.607. The van der Waals surface area contributed by atoms with Crippen molar-refractivity contribution >= 4 is 17.3 Å². The third-order valence-corrected chi connectivity index (χ3v) is 2.78. The highest BCUT2D eigenvalue weighted by Crippen LogP contribution is 2.29. The van der Waals surface area contributed by atoms with Crippen LogP contribution in [-0.4, -0.2) is 17.4 Å². The fourth-order valence-electron chi connectivity index (χ4n) is 1.82. The minimum atomic E-state index is -0.733. The number of rotatable bonds is 5. The summed E-state index contributed by atoms with van der Waals surface area (Å²) < 4.78 is 5.57. The van der Waals surface area contributed by atoms with Gasteiger partial charge in [-0.05, 0) is 25.1 Å². The molecule has 1 amide bonds. The Morgan fingerprint density at radius 3 is 2.77 bits per heavy atom. The predicted molar refractivity (Wildman–Crippen MR) is 77.6 cm³/mol. The van der Waals surface area contributed by atoms with Crippen LogP contribution in [0.2, 0.25) is 0 Å². The molecule has 8 heteroatoms. The Morgan fingerprint density at radius 2 is 2.14 bits per heavy atom. The first kappa shape index (κ1) is 15.2. The smallest absolute Gasteiger partial charge is 0.321 e. The van der Waals surface area contributed by atoms with Crippen LogP contribution in [0.4, 0.5) is 11.4 Å². The fourth-order valence-corrected chi connectivity index (χ4v) is 1.82. The van der Waals surface area contributed by atoms with Crippen molar-refractivity contribution in [1.82, 2.24) is 0 Å². The van der Waals surface area contributed by atoms with Crippen molar-refractivity contribution in [1.29, 1.82) is 0 Å². The van der Waals surface area contributed by atoms with E-state index in [9.17, 15) is 20.1 Å². The van der Waals surface area contributed by atoms with Crippen LogP contribution in [0, 0.1) is 15.3 Å². The molecular weight excluding hydrogens is 290 g/mol. The first-order valence-electron chi connectivity index (χ1n) is 6.43. The minimum Gasteiger partial charge on any atom is -0.618 e. The molecule has 0 unspecified atom stereocenters. The lowest BCUT2D eigenvalue weighted by atomic mass is 10.2. The van der Waals surface area contributed by atoms with E-state index in [1.165, 1.54) is 42.6 Å². The Kier molecular flexibility index (Phi) is 4.52. The van der Waals surface area contributed by atoms with E-state index in [4.69, 9.17) is 4.74 Å². The molecule has 0 fully saturated rings. The Morgan fingerprint density at radius 1 is 1.36 bits per heavy atom. The lowest BCUT2D eigenvalue weighted by Crippen LogP contribution is -2.36. The number of aromatic nitrogens is 1. The summed E-state index contributed by atoms with van der Waals surface area (Å²) in [6, 6.07) is 8.40. The van der Waals surface area contributed by atoms with Crippen molar-refractivity contribution in [3.05, 3.63) is 63.6 Å². The number of hydrogen-bond donors (Lipinski definition) is 1. The van der Waals surface area contributed by atoms with Gasteiger partial charge in [0.05, 0.1) is 17.6 Å². The molecule has 1 aromatic heterocycles. The van der Waals surface area contributed by atoms with Crippen LogP contribution in [0.3, 0.4) is 0 Å². The Balaban J connectivity index is 2.31. The number of carbonyl (C=O) groups is 1. The summed E-state index contributed by atoms with van der Waals surface area (Å²) in [5.41, 5.74) is -0.485. The third kappa shape index (κ3) is 3.29. The highest BCUT2D eigenvalue weighted by molar-refractivity contribution is 6.03. The SMILES string of the molecule is CCOc1ccc(NC(=O)c2cccc[n+]2[O-])c([N+](=O)[O-])c1.